The molecule has 11 nitrogen and oxygen atoms in total. The molecule has 2 unspecified atom stereocenters. The van der Waals surface area contributed by atoms with E-state index in [4.69, 9.17) is 34.7 Å². The minimum atomic E-state index is -5.08. The first-order chi connectivity index (χ1) is 22.0. The van der Waals surface area contributed by atoms with Crippen LogP contribution in [-0.4, -0.2) is 68.2 Å². The van der Waals surface area contributed by atoms with E-state index in [1.165, 1.54) is 12.1 Å². The molecule has 0 radical (unpaired) electrons. The Morgan fingerprint density at radius 1 is 0.915 bits per heavy atom. The Morgan fingerprint density at radius 2 is 1.51 bits per heavy atom. The Hall–Kier alpha value is -4.38. The van der Waals surface area contributed by atoms with Crippen molar-refractivity contribution < 1.29 is 64.9 Å². The van der Waals surface area contributed by atoms with Gasteiger partial charge in [-0.15, -0.1) is 0 Å². The molecule has 0 aromatic heterocycles. The molecular weight excluding hydrogens is 644 g/mol. The maximum atomic E-state index is 12.9. The van der Waals surface area contributed by atoms with E-state index in [1.807, 2.05) is 0 Å². The molecule has 0 saturated carbocycles. The fraction of sp³-hybridized carbons (Fsp3) is 0.467. The number of halogens is 6. The Kier molecular flexibility index (Phi) is 17.3. The van der Waals surface area contributed by atoms with Gasteiger partial charge in [0.15, 0.2) is 0 Å². The fourth-order valence-corrected chi connectivity index (χ4v) is 3.38. The standard InChI is InChI=1S/C28H36F3N3O6.C2HF3O2/c1-19(2)26(39-25(35)24(32)21-9-5-4-6-10-21)40-27(36)33-16-18-38-34-23(11-7-8-17-37-3)20-12-14-22(15-13-20)28(29,30)31;3-2(4,5)1(6)7/h4-6,9-10,12-15,19,24,26H,7-8,11,16-18,32H2,1-3H3,(H,33,36);(H,6,7)/b34-23+;. The number of nitrogens with two attached hydrogens (primary N) is 1. The molecule has 2 aromatic rings. The van der Waals surface area contributed by atoms with Crippen LogP contribution in [0.25, 0.3) is 0 Å². The molecule has 2 aromatic carbocycles. The third kappa shape index (κ3) is 16.1. The van der Waals surface area contributed by atoms with Crippen molar-refractivity contribution in [1.29, 1.82) is 0 Å². The number of carboxylic acids is 1. The number of methoxy groups -OCH3 is 1. The molecule has 0 aliphatic carbocycles. The minimum absolute atomic E-state index is 0.00852. The normalized spacial score (nSPS) is 13.1. The lowest BCUT2D eigenvalue weighted by atomic mass is 10.0. The summed E-state index contributed by atoms with van der Waals surface area (Å²) in [4.78, 5) is 38.9. The molecule has 4 N–H and O–H groups in total. The number of alkyl halides is 6. The van der Waals surface area contributed by atoms with Gasteiger partial charge in [-0.05, 0) is 42.5 Å². The first-order valence-electron chi connectivity index (χ1n) is 14.1. The molecule has 0 bridgehead atoms. The molecule has 0 saturated heterocycles. The number of ether oxygens (including phenoxy) is 3. The van der Waals surface area contributed by atoms with E-state index < -0.39 is 48.3 Å². The van der Waals surface area contributed by atoms with Gasteiger partial charge in [-0.3, -0.25) is 0 Å². The van der Waals surface area contributed by atoms with E-state index in [2.05, 4.69) is 10.5 Å². The predicted molar refractivity (Wildman–Crippen MR) is 156 cm³/mol. The van der Waals surface area contributed by atoms with Gasteiger partial charge in [0, 0.05) is 19.6 Å². The number of alkyl carbamates (subject to hydrolysis) is 1. The Balaban J connectivity index is 0.00000141. The maximum Gasteiger partial charge on any atom is 0.490 e. The van der Waals surface area contributed by atoms with Gasteiger partial charge in [0.1, 0.15) is 12.6 Å². The quantitative estimate of drug-likeness (QED) is 0.0525. The van der Waals surface area contributed by atoms with Crippen molar-refractivity contribution >= 4 is 23.7 Å². The maximum absolute atomic E-state index is 12.9. The van der Waals surface area contributed by atoms with Crippen LogP contribution < -0.4 is 11.1 Å². The van der Waals surface area contributed by atoms with Crippen molar-refractivity contribution in [1.82, 2.24) is 5.32 Å². The largest absolute Gasteiger partial charge is 0.490 e. The molecule has 0 heterocycles. The van der Waals surface area contributed by atoms with Crippen LogP contribution in [0.4, 0.5) is 31.1 Å². The smallest absolute Gasteiger partial charge is 0.475 e. The highest BCUT2D eigenvalue weighted by Crippen LogP contribution is 2.29. The van der Waals surface area contributed by atoms with Crippen LogP contribution in [0.1, 0.15) is 55.8 Å². The first kappa shape index (κ1) is 40.6. The van der Waals surface area contributed by atoms with E-state index in [-0.39, 0.29) is 19.1 Å². The van der Waals surface area contributed by atoms with Crippen molar-refractivity contribution in [3.05, 3.63) is 71.3 Å². The summed E-state index contributed by atoms with van der Waals surface area (Å²) < 4.78 is 86.0. The van der Waals surface area contributed by atoms with Crippen LogP contribution >= 0.6 is 0 Å². The van der Waals surface area contributed by atoms with E-state index in [9.17, 15) is 35.9 Å². The zero-order valence-electron chi connectivity index (χ0n) is 25.8. The number of hydrogen-bond donors (Lipinski definition) is 3. The fourth-order valence-electron chi connectivity index (χ4n) is 3.38. The highest BCUT2D eigenvalue weighted by atomic mass is 19.4. The van der Waals surface area contributed by atoms with E-state index in [0.717, 1.165) is 18.6 Å². The second-order valence-electron chi connectivity index (χ2n) is 9.97. The summed E-state index contributed by atoms with van der Waals surface area (Å²) in [6.45, 7) is 3.94. The van der Waals surface area contributed by atoms with Gasteiger partial charge in [-0.1, -0.05) is 61.5 Å². The number of benzene rings is 2. The molecule has 0 fully saturated rings. The third-order valence-electron chi connectivity index (χ3n) is 5.85. The average Bonchev–Trinajstić information content (AvgIpc) is 3.01. The molecule has 262 valence electrons. The van der Waals surface area contributed by atoms with Gasteiger partial charge in [-0.2, -0.15) is 26.3 Å². The number of nitrogens with one attached hydrogen (secondary N) is 1. The average molecular weight is 682 g/mol. The van der Waals surface area contributed by atoms with Gasteiger partial charge >= 0.3 is 30.4 Å². The molecule has 0 spiro atoms. The molecule has 2 atom stereocenters. The summed E-state index contributed by atoms with van der Waals surface area (Å²) in [7, 11) is 1.58. The number of carbonyl (C=O) groups excluding carboxylic acids is 2. The van der Waals surface area contributed by atoms with Crippen LogP contribution in [0, 0.1) is 5.92 Å². The lowest BCUT2D eigenvalue weighted by Gasteiger charge is -2.23. The number of aliphatic carboxylic acids is 1. The second kappa shape index (κ2) is 20.0. The topological polar surface area (TPSA) is 159 Å². The van der Waals surface area contributed by atoms with Gasteiger partial charge in [-0.25, -0.2) is 14.4 Å². The van der Waals surface area contributed by atoms with Gasteiger partial charge in [0.25, 0.3) is 6.29 Å². The SMILES string of the molecule is COCCCC/C(=N\OCCNC(=O)OC(OC(=O)C(N)c1ccccc1)C(C)C)c1ccc(C(F)(F)F)cc1.O=C(O)C(F)(F)F. The van der Waals surface area contributed by atoms with E-state index in [0.29, 0.717) is 36.3 Å². The summed E-state index contributed by atoms with van der Waals surface area (Å²) in [5.74, 6) is -3.84. The van der Waals surface area contributed by atoms with Crippen LogP contribution in [0.5, 0.6) is 0 Å². The number of rotatable bonds is 15. The molecule has 0 aliphatic heterocycles. The van der Waals surface area contributed by atoms with E-state index in [1.54, 1.807) is 51.3 Å². The molecule has 17 heteroatoms. The number of amides is 1. The summed E-state index contributed by atoms with van der Waals surface area (Å²) >= 11 is 0. The van der Waals surface area contributed by atoms with Crippen molar-refractivity contribution in [2.75, 3.05) is 26.9 Å². The minimum Gasteiger partial charge on any atom is -0.475 e. The predicted octanol–water partition coefficient (Wildman–Crippen LogP) is 5.83. The number of oxime groups is 1. The molecule has 1 amide bonds. The summed E-state index contributed by atoms with van der Waals surface area (Å²) in [5, 5.41) is 13.7. The summed E-state index contributed by atoms with van der Waals surface area (Å²) in [6, 6.07) is 12.3. The Labute approximate surface area is 267 Å². The highest BCUT2D eigenvalue weighted by molar-refractivity contribution is 6.00. The molecule has 2 rings (SSSR count). The molecular formula is C30H37F6N3O8. The van der Waals surface area contributed by atoms with Crippen LogP contribution in [-0.2, 0) is 34.8 Å². The van der Waals surface area contributed by atoms with Gasteiger partial charge in [0.05, 0.1) is 17.8 Å². The second-order valence-corrected chi connectivity index (χ2v) is 9.97. The number of carbonyl (C=O) groups is 3. The van der Waals surface area contributed by atoms with Crippen LogP contribution in [0.2, 0.25) is 0 Å². The third-order valence-corrected chi connectivity index (χ3v) is 5.85. The van der Waals surface area contributed by atoms with Crippen molar-refractivity contribution in [2.24, 2.45) is 16.8 Å². The van der Waals surface area contributed by atoms with Crippen molar-refractivity contribution in [2.45, 2.75) is 57.8 Å². The zero-order valence-corrected chi connectivity index (χ0v) is 25.8. The number of carboxylic acid groups (broad SMARTS) is 1. The monoisotopic (exact) mass is 681 g/mol. The summed E-state index contributed by atoms with van der Waals surface area (Å²) in [5.41, 5.74) is 6.72. The van der Waals surface area contributed by atoms with Gasteiger partial charge in [0.2, 0.25) is 0 Å². The number of unbranched alkanes of at least 4 members (excludes halogenated alkanes) is 1. The summed E-state index contributed by atoms with van der Waals surface area (Å²) in [6.07, 6.45) is -9.65. The Morgan fingerprint density at radius 3 is 2.02 bits per heavy atom. The number of hydrogen-bond acceptors (Lipinski definition) is 9. The lowest BCUT2D eigenvalue weighted by molar-refractivity contribution is -0.192. The number of nitrogens with zero attached hydrogens (tertiary/aromatic N) is 1. The van der Waals surface area contributed by atoms with E-state index >= 15 is 0 Å². The molecule has 47 heavy (non-hydrogen) atoms. The highest BCUT2D eigenvalue weighted by Gasteiger charge is 2.38. The number of esters is 1. The Bertz CT molecular complexity index is 1270. The first-order valence-corrected chi connectivity index (χ1v) is 14.1. The molecule has 0 aliphatic rings. The van der Waals surface area contributed by atoms with Crippen LogP contribution in [0.3, 0.4) is 0 Å². The van der Waals surface area contributed by atoms with Crippen molar-refractivity contribution in [3.8, 4) is 0 Å². The zero-order chi connectivity index (χ0) is 35.6. The lowest BCUT2D eigenvalue weighted by Crippen LogP contribution is -2.37. The van der Waals surface area contributed by atoms with Gasteiger partial charge < -0.3 is 35.2 Å². The van der Waals surface area contributed by atoms with Crippen molar-refractivity contribution in [3.63, 3.8) is 0 Å². The van der Waals surface area contributed by atoms with Crippen LogP contribution in [0.15, 0.2) is 59.8 Å².